The Morgan fingerprint density at radius 1 is 1.29 bits per heavy atom. The second-order valence-corrected chi connectivity index (χ2v) is 4.72. The normalized spacial score (nSPS) is 17.2. The van der Waals surface area contributed by atoms with Crippen molar-refractivity contribution in [2.45, 2.75) is 25.2 Å². The maximum Gasteiger partial charge on any atom is 0.177 e. The summed E-state index contributed by atoms with van der Waals surface area (Å²) in [6, 6.07) is 3.92. The molecule has 72 valence electrons. The van der Waals surface area contributed by atoms with Gasteiger partial charge in [0, 0.05) is 5.92 Å². The number of rotatable bonds is 1. The van der Waals surface area contributed by atoms with Gasteiger partial charge >= 0.3 is 0 Å². The van der Waals surface area contributed by atoms with E-state index in [0.717, 1.165) is 15.2 Å². The second kappa shape index (κ2) is 3.15. The summed E-state index contributed by atoms with van der Waals surface area (Å²) >= 11 is 2.21. The Labute approximate surface area is 94.9 Å². The number of aromatic nitrogens is 4. The Kier molecular flexibility index (Phi) is 1.93. The Balaban J connectivity index is 2.18. The molecule has 0 aliphatic heterocycles. The first-order valence-electron chi connectivity index (χ1n) is 4.72. The van der Waals surface area contributed by atoms with Gasteiger partial charge in [0.2, 0.25) is 0 Å². The monoisotopic (exact) mass is 300 g/mol. The van der Waals surface area contributed by atoms with Crippen LogP contribution < -0.4 is 0 Å². The lowest BCUT2D eigenvalue weighted by Gasteiger charge is -2.22. The molecule has 2 heterocycles. The van der Waals surface area contributed by atoms with Crippen LogP contribution in [0.15, 0.2) is 12.1 Å². The summed E-state index contributed by atoms with van der Waals surface area (Å²) in [6.07, 6.45) is 3.77. The molecule has 14 heavy (non-hydrogen) atoms. The van der Waals surface area contributed by atoms with Gasteiger partial charge in [-0.3, -0.25) is 0 Å². The van der Waals surface area contributed by atoms with E-state index in [4.69, 9.17) is 0 Å². The number of nitrogens with zero attached hydrogens (tertiary/aromatic N) is 4. The smallest absolute Gasteiger partial charge is 0.177 e. The fourth-order valence-corrected chi connectivity index (χ4v) is 2.10. The molecule has 0 saturated heterocycles. The zero-order valence-corrected chi connectivity index (χ0v) is 9.68. The molecular weight excluding hydrogens is 291 g/mol. The average molecular weight is 300 g/mol. The van der Waals surface area contributed by atoms with Crippen LogP contribution in [0.5, 0.6) is 0 Å². The first-order valence-corrected chi connectivity index (χ1v) is 5.80. The predicted octanol–water partition coefficient (Wildman–Crippen LogP) is 2.00. The highest BCUT2D eigenvalue weighted by atomic mass is 127. The Morgan fingerprint density at radius 2 is 2.14 bits per heavy atom. The summed E-state index contributed by atoms with van der Waals surface area (Å²) in [7, 11) is 0. The van der Waals surface area contributed by atoms with Crippen molar-refractivity contribution in [1.82, 2.24) is 19.8 Å². The van der Waals surface area contributed by atoms with E-state index in [0.29, 0.717) is 5.92 Å². The first-order chi connectivity index (χ1) is 6.84. The van der Waals surface area contributed by atoms with Crippen LogP contribution in [0.3, 0.4) is 0 Å². The van der Waals surface area contributed by atoms with Gasteiger partial charge in [0.15, 0.2) is 11.5 Å². The average Bonchev–Trinajstić information content (AvgIpc) is 2.46. The van der Waals surface area contributed by atoms with Crippen LogP contribution in [0.1, 0.15) is 31.0 Å². The first kappa shape index (κ1) is 8.58. The maximum absolute atomic E-state index is 4.42. The van der Waals surface area contributed by atoms with Gasteiger partial charge in [-0.2, -0.15) is 9.61 Å². The minimum absolute atomic E-state index is 0.579. The zero-order chi connectivity index (χ0) is 9.54. The Hall–Kier alpha value is -0.720. The maximum atomic E-state index is 4.42. The van der Waals surface area contributed by atoms with Crippen LogP contribution in [0.2, 0.25) is 0 Å². The lowest BCUT2D eigenvalue weighted by atomic mass is 9.85. The van der Waals surface area contributed by atoms with Crippen LogP contribution in [-0.2, 0) is 0 Å². The van der Waals surface area contributed by atoms with E-state index in [9.17, 15) is 0 Å². The molecule has 0 amide bonds. The van der Waals surface area contributed by atoms with Crippen molar-refractivity contribution in [3.8, 4) is 0 Å². The molecular formula is C9H9IN4. The molecule has 1 aliphatic carbocycles. The minimum atomic E-state index is 0.579. The summed E-state index contributed by atoms with van der Waals surface area (Å²) in [4.78, 5) is 0. The van der Waals surface area contributed by atoms with Gasteiger partial charge in [-0.15, -0.1) is 10.2 Å². The number of halogens is 1. The van der Waals surface area contributed by atoms with Gasteiger partial charge in [-0.25, -0.2) is 0 Å². The highest BCUT2D eigenvalue weighted by Gasteiger charge is 2.24. The summed E-state index contributed by atoms with van der Waals surface area (Å²) in [5.41, 5.74) is 0.854. The number of hydrogen-bond acceptors (Lipinski definition) is 3. The van der Waals surface area contributed by atoms with Crippen LogP contribution in [0, 0.1) is 3.70 Å². The Bertz CT molecular complexity index is 475. The van der Waals surface area contributed by atoms with Crippen molar-refractivity contribution in [3.63, 3.8) is 0 Å². The van der Waals surface area contributed by atoms with E-state index in [-0.39, 0.29) is 0 Å². The van der Waals surface area contributed by atoms with Gasteiger partial charge in [0.1, 0.15) is 3.70 Å². The van der Waals surface area contributed by atoms with Gasteiger partial charge in [0.25, 0.3) is 0 Å². The van der Waals surface area contributed by atoms with Crippen LogP contribution in [-0.4, -0.2) is 19.8 Å². The van der Waals surface area contributed by atoms with E-state index < -0.39 is 0 Å². The van der Waals surface area contributed by atoms with Gasteiger partial charge in [-0.1, -0.05) is 6.42 Å². The molecule has 5 heteroatoms. The van der Waals surface area contributed by atoms with E-state index >= 15 is 0 Å². The van der Waals surface area contributed by atoms with E-state index in [2.05, 4.69) is 37.9 Å². The minimum Gasteiger partial charge on any atom is -0.196 e. The van der Waals surface area contributed by atoms with Crippen molar-refractivity contribution in [2.75, 3.05) is 0 Å². The molecule has 0 atom stereocenters. The lowest BCUT2D eigenvalue weighted by molar-refractivity contribution is 0.394. The third-order valence-corrected chi connectivity index (χ3v) is 3.30. The van der Waals surface area contributed by atoms with Crippen LogP contribution in [0.25, 0.3) is 5.65 Å². The van der Waals surface area contributed by atoms with Gasteiger partial charge < -0.3 is 0 Å². The quantitative estimate of drug-likeness (QED) is 0.757. The van der Waals surface area contributed by atoms with E-state index in [1.54, 1.807) is 0 Å². The third kappa shape index (κ3) is 1.22. The van der Waals surface area contributed by atoms with Crippen molar-refractivity contribution in [3.05, 3.63) is 21.7 Å². The topological polar surface area (TPSA) is 43.1 Å². The van der Waals surface area contributed by atoms with Crippen molar-refractivity contribution < 1.29 is 0 Å². The summed E-state index contributed by atoms with van der Waals surface area (Å²) in [6.45, 7) is 0. The molecule has 0 N–H and O–H groups in total. The molecule has 0 radical (unpaired) electrons. The van der Waals surface area contributed by atoms with Crippen molar-refractivity contribution in [1.29, 1.82) is 0 Å². The summed E-state index contributed by atoms with van der Waals surface area (Å²) < 4.78 is 2.86. The zero-order valence-electron chi connectivity index (χ0n) is 7.52. The molecule has 0 spiro atoms. The molecule has 0 unspecified atom stereocenters. The molecule has 3 rings (SSSR count). The summed E-state index contributed by atoms with van der Waals surface area (Å²) in [5.74, 6) is 1.61. The molecule has 4 nitrogen and oxygen atoms in total. The molecule has 0 aromatic carbocycles. The highest BCUT2D eigenvalue weighted by Crippen LogP contribution is 2.34. The largest absolute Gasteiger partial charge is 0.196 e. The van der Waals surface area contributed by atoms with Crippen LogP contribution >= 0.6 is 22.6 Å². The second-order valence-electron chi connectivity index (χ2n) is 3.61. The SMILES string of the molecule is Ic1ccc2nnc(C3CCC3)n2n1. The van der Waals surface area contributed by atoms with Gasteiger partial charge in [0.05, 0.1) is 0 Å². The lowest BCUT2D eigenvalue weighted by Crippen LogP contribution is -2.13. The fourth-order valence-electron chi connectivity index (χ4n) is 1.70. The predicted molar refractivity (Wildman–Crippen MR) is 60.1 cm³/mol. The number of hydrogen-bond donors (Lipinski definition) is 0. The fraction of sp³-hybridized carbons (Fsp3) is 0.444. The van der Waals surface area contributed by atoms with E-state index in [1.165, 1.54) is 19.3 Å². The number of fused-ring (bicyclic) bond motifs is 1. The third-order valence-electron chi connectivity index (χ3n) is 2.72. The molecule has 1 saturated carbocycles. The highest BCUT2D eigenvalue weighted by molar-refractivity contribution is 14.1. The Morgan fingerprint density at radius 3 is 2.86 bits per heavy atom. The molecule has 0 bridgehead atoms. The van der Waals surface area contributed by atoms with Crippen molar-refractivity contribution >= 4 is 28.2 Å². The molecule has 1 fully saturated rings. The standard InChI is InChI=1S/C9H9IN4/c10-7-4-5-8-11-12-9(14(8)13-7)6-2-1-3-6/h4-6H,1-3H2. The van der Waals surface area contributed by atoms with Crippen LogP contribution in [0.4, 0.5) is 0 Å². The molecule has 1 aliphatic rings. The van der Waals surface area contributed by atoms with E-state index in [1.807, 2.05) is 16.6 Å². The van der Waals surface area contributed by atoms with Gasteiger partial charge in [-0.05, 0) is 47.6 Å². The molecule has 2 aromatic heterocycles. The summed E-state index contributed by atoms with van der Waals surface area (Å²) in [5, 5.41) is 12.7. The van der Waals surface area contributed by atoms with Crippen molar-refractivity contribution in [2.24, 2.45) is 0 Å². The molecule has 2 aromatic rings.